The molecule has 0 fully saturated rings. The van der Waals surface area contributed by atoms with Crippen LogP contribution in [-0.2, 0) is 0 Å². The first kappa shape index (κ1) is 25.5. The number of aromatic nitrogens is 4. The molecule has 48 heavy (non-hydrogen) atoms. The highest BCUT2D eigenvalue weighted by molar-refractivity contribution is 6.16. The average molecular weight is 615 g/mol. The van der Waals surface area contributed by atoms with Crippen molar-refractivity contribution in [2.24, 2.45) is 0 Å². The van der Waals surface area contributed by atoms with Gasteiger partial charge in [-0.3, -0.25) is 0 Å². The predicted molar refractivity (Wildman–Crippen MR) is 190 cm³/mol. The number of para-hydroxylation sites is 1. The Morgan fingerprint density at radius 2 is 1.02 bits per heavy atom. The molecule has 0 N–H and O–H groups in total. The summed E-state index contributed by atoms with van der Waals surface area (Å²) in [5.74, 6) is 1.72. The van der Waals surface area contributed by atoms with Gasteiger partial charge in [0.15, 0.2) is 17.5 Å². The van der Waals surface area contributed by atoms with Crippen LogP contribution >= 0.6 is 0 Å². The monoisotopic (exact) mass is 614 g/mol. The van der Waals surface area contributed by atoms with E-state index in [1.54, 1.807) is 6.20 Å². The van der Waals surface area contributed by atoms with E-state index in [0.29, 0.717) is 23.2 Å². The van der Waals surface area contributed by atoms with Crippen molar-refractivity contribution in [3.8, 4) is 56.4 Å². The fourth-order valence-electron chi connectivity index (χ4n) is 7.48. The maximum atomic E-state index is 6.26. The molecule has 1 aliphatic carbocycles. The number of furan rings is 2. The third-order valence-electron chi connectivity index (χ3n) is 9.56. The Morgan fingerprint density at radius 3 is 1.83 bits per heavy atom. The van der Waals surface area contributed by atoms with Gasteiger partial charge in [0.05, 0.1) is 0 Å². The predicted octanol–water partition coefficient (Wildman–Crippen LogP) is 10.9. The maximum absolute atomic E-state index is 6.26. The SMILES string of the molecule is c1cc2c3c(cccc3c1)-c1cc(-c3nc(-c4cccc5oc6ccccc6c45)nc(-c4cccc5oc6ncccc6c45)n3)ccc1-2. The van der Waals surface area contributed by atoms with E-state index in [0.717, 1.165) is 55.0 Å². The van der Waals surface area contributed by atoms with Crippen molar-refractivity contribution in [3.63, 3.8) is 0 Å². The van der Waals surface area contributed by atoms with Crippen LogP contribution in [0, 0.1) is 0 Å². The first-order valence-electron chi connectivity index (χ1n) is 15.9. The van der Waals surface area contributed by atoms with E-state index in [2.05, 4.69) is 71.7 Å². The highest BCUT2D eigenvalue weighted by Crippen LogP contribution is 2.48. The Bertz CT molecular complexity index is 2840. The van der Waals surface area contributed by atoms with Crippen LogP contribution in [-0.4, -0.2) is 19.9 Å². The molecule has 1 aliphatic rings. The molecule has 222 valence electrons. The summed E-state index contributed by atoms with van der Waals surface area (Å²) in [4.78, 5) is 20.0. The summed E-state index contributed by atoms with van der Waals surface area (Å²) in [7, 11) is 0. The molecule has 0 atom stereocenters. The Balaban J connectivity index is 1.20. The summed E-state index contributed by atoms with van der Waals surface area (Å²) in [6.45, 7) is 0. The van der Waals surface area contributed by atoms with Gasteiger partial charge in [-0.25, -0.2) is 19.9 Å². The van der Waals surface area contributed by atoms with E-state index < -0.39 is 0 Å². The van der Waals surface area contributed by atoms with E-state index >= 15 is 0 Å². The molecule has 0 saturated heterocycles. The molecule has 6 nitrogen and oxygen atoms in total. The van der Waals surface area contributed by atoms with Gasteiger partial charge in [0, 0.05) is 44.4 Å². The zero-order chi connectivity index (χ0) is 31.3. The van der Waals surface area contributed by atoms with Gasteiger partial charge in [-0.2, -0.15) is 0 Å². The van der Waals surface area contributed by atoms with Crippen LogP contribution in [0.2, 0.25) is 0 Å². The molecule has 11 rings (SSSR count). The molecule has 0 unspecified atom stereocenters. The Hall–Kier alpha value is -6.66. The van der Waals surface area contributed by atoms with E-state index in [1.165, 1.54) is 33.0 Å². The first-order valence-corrected chi connectivity index (χ1v) is 15.9. The number of nitrogens with zero attached hydrogens (tertiary/aromatic N) is 4. The topological polar surface area (TPSA) is 77.8 Å². The Morgan fingerprint density at radius 1 is 0.396 bits per heavy atom. The van der Waals surface area contributed by atoms with Gasteiger partial charge in [-0.15, -0.1) is 0 Å². The number of benzene rings is 6. The fraction of sp³-hybridized carbons (Fsp3) is 0. The lowest BCUT2D eigenvalue weighted by molar-refractivity contribution is 0.654. The van der Waals surface area contributed by atoms with E-state index in [9.17, 15) is 0 Å². The molecule has 4 aromatic heterocycles. The number of hydrogen-bond donors (Lipinski definition) is 0. The van der Waals surface area contributed by atoms with Crippen LogP contribution < -0.4 is 0 Å². The summed E-state index contributed by atoms with van der Waals surface area (Å²) in [5.41, 5.74) is 10.5. The highest BCUT2D eigenvalue weighted by atomic mass is 16.3. The zero-order valence-corrected chi connectivity index (χ0v) is 25.3. The summed E-state index contributed by atoms with van der Waals surface area (Å²) in [6.07, 6.45) is 1.74. The molecule has 0 aliphatic heterocycles. The van der Waals surface area contributed by atoms with Crippen LogP contribution in [0.15, 0.2) is 142 Å². The van der Waals surface area contributed by atoms with E-state index in [1.807, 2.05) is 60.7 Å². The van der Waals surface area contributed by atoms with Gasteiger partial charge in [0.1, 0.15) is 16.7 Å². The summed E-state index contributed by atoms with van der Waals surface area (Å²) < 4.78 is 12.4. The van der Waals surface area contributed by atoms with Crippen LogP contribution in [0.5, 0.6) is 0 Å². The lowest BCUT2D eigenvalue weighted by Crippen LogP contribution is -2.01. The lowest BCUT2D eigenvalue weighted by atomic mass is 10.0. The smallest absolute Gasteiger partial charge is 0.227 e. The van der Waals surface area contributed by atoms with Crippen molar-refractivity contribution < 1.29 is 8.83 Å². The fourth-order valence-corrected chi connectivity index (χ4v) is 7.48. The Kier molecular flexibility index (Phi) is 5.02. The van der Waals surface area contributed by atoms with Crippen molar-refractivity contribution in [3.05, 3.63) is 134 Å². The molecule has 0 bridgehead atoms. The van der Waals surface area contributed by atoms with Crippen molar-refractivity contribution in [1.29, 1.82) is 0 Å². The second-order valence-electron chi connectivity index (χ2n) is 12.2. The normalized spacial score (nSPS) is 12.2. The largest absolute Gasteiger partial charge is 0.456 e. The highest BCUT2D eigenvalue weighted by Gasteiger charge is 2.24. The number of fused-ring (bicyclic) bond motifs is 9. The van der Waals surface area contributed by atoms with Crippen molar-refractivity contribution in [2.45, 2.75) is 0 Å². The second-order valence-corrected chi connectivity index (χ2v) is 12.2. The van der Waals surface area contributed by atoms with Crippen molar-refractivity contribution in [1.82, 2.24) is 19.9 Å². The lowest BCUT2D eigenvalue weighted by Gasteiger charge is -2.11. The zero-order valence-electron chi connectivity index (χ0n) is 25.3. The first-order chi connectivity index (χ1) is 23.8. The number of rotatable bonds is 3. The van der Waals surface area contributed by atoms with Gasteiger partial charge in [-0.1, -0.05) is 91.0 Å². The Labute approximate surface area is 273 Å². The van der Waals surface area contributed by atoms with Crippen molar-refractivity contribution in [2.75, 3.05) is 0 Å². The van der Waals surface area contributed by atoms with Gasteiger partial charge < -0.3 is 8.83 Å². The summed E-state index contributed by atoms with van der Waals surface area (Å²) in [5, 5.41) is 6.36. The van der Waals surface area contributed by atoms with E-state index in [4.69, 9.17) is 23.8 Å². The minimum absolute atomic E-state index is 0.558. The molecular weight excluding hydrogens is 592 g/mol. The molecule has 6 heteroatoms. The van der Waals surface area contributed by atoms with Crippen LogP contribution in [0.4, 0.5) is 0 Å². The minimum Gasteiger partial charge on any atom is -0.456 e. The van der Waals surface area contributed by atoms with Crippen LogP contribution in [0.1, 0.15) is 0 Å². The molecule has 6 aromatic carbocycles. The summed E-state index contributed by atoms with van der Waals surface area (Å²) >= 11 is 0. The third kappa shape index (κ3) is 3.51. The van der Waals surface area contributed by atoms with Gasteiger partial charge in [0.25, 0.3) is 0 Å². The standard InChI is InChI=1S/C42H22N4O2/c1-2-16-33-28(10-1)37-29(13-5-17-34(37)47-33)40-44-39(24-19-20-25-26-11-3-8-23-9-4-12-27(36(23)26)32(25)22-24)45-41(46-40)30-14-6-18-35-38(30)31-15-7-21-43-42(31)48-35/h1-22H. The average Bonchev–Trinajstić information content (AvgIpc) is 3.82. The van der Waals surface area contributed by atoms with Crippen LogP contribution in [0.25, 0.3) is 111 Å². The van der Waals surface area contributed by atoms with Crippen LogP contribution in [0.3, 0.4) is 0 Å². The minimum atomic E-state index is 0.558. The van der Waals surface area contributed by atoms with Gasteiger partial charge >= 0.3 is 0 Å². The molecule has 4 heterocycles. The van der Waals surface area contributed by atoms with E-state index in [-0.39, 0.29) is 0 Å². The van der Waals surface area contributed by atoms with Gasteiger partial charge in [-0.05, 0) is 69.4 Å². The second kappa shape index (κ2) is 9.44. The summed E-state index contributed by atoms with van der Waals surface area (Å²) in [6, 6.07) is 43.6. The quantitative estimate of drug-likeness (QED) is 0.197. The maximum Gasteiger partial charge on any atom is 0.227 e. The van der Waals surface area contributed by atoms with Crippen molar-refractivity contribution >= 4 is 54.8 Å². The van der Waals surface area contributed by atoms with Gasteiger partial charge in [0.2, 0.25) is 5.71 Å². The molecule has 0 amide bonds. The molecule has 0 radical (unpaired) electrons. The molecule has 0 saturated carbocycles. The number of hydrogen-bond acceptors (Lipinski definition) is 6. The molecule has 0 spiro atoms. The molecule has 10 aromatic rings. The number of pyridine rings is 1. The molecular formula is C42H22N4O2. The third-order valence-corrected chi connectivity index (χ3v) is 9.56.